The minimum atomic E-state index is -2.92. The molecule has 0 heterocycles. The number of hydrogen-bond donors (Lipinski definition) is 7. The van der Waals surface area contributed by atoms with E-state index in [1.807, 2.05) is 0 Å². The second kappa shape index (κ2) is 7.19. The molecule has 7 N–H and O–H groups in total. The maximum atomic E-state index is 13.7. The number of aliphatic carboxylic acids is 1. The maximum absolute atomic E-state index is 13.7. The maximum Gasteiger partial charge on any atom is 0.342 e. The second-order valence-electron chi connectivity index (χ2n) is 9.87. The van der Waals surface area contributed by atoms with E-state index in [-0.39, 0.29) is 23.3 Å². The van der Waals surface area contributed by atoms with Crippen molar-refractivity contribution in [2.24, 2.45) is 5.41 Å². The molecule has 3 aliphatic carbocycles. The standard InChI is InChI=1S/C26H22O10/c1-24-9-16(29)18(23(33)34)21(31)26(24,36)22(32)19-20(30)17-14(8-25(19,35)10-24)13(5-6-15(17)28)11-3-2-4-12(27)7-11/h2-7,27-28,30-31,35-36H,8-10H2,1H3,(H,33,34)/t24-,25-,26-/m0/s1. The second-order valence-corrected chi connectivity index (χ2v) is 9.87. The van der Waals surface area contributed by atoms with E-state index in [1.54, 1.807) is 12.1 Å². The van der Waals surface area contributed by atoms with Crippen LogP contribution in [0.15, 0.2) is 53.3 Å². The quantitative estimate of drug-likeness (QED) is 0.303. The number of phenols is 2. The van der Waals surface area contributed by atoms with Gasteiger partial charge in [0, 0.05) is 18.3 Å². The first-order valence-electron chi connectivity index (χ1n) is 11.0. The molecule has 0 bridgehead atoms. The molecule has 0 unspecified atom stereocenters. The van der Waals surface area contributed by atoms with Gasteiger partial charge in [0.05, 0.1) is 11.1 Å². The number of ketones is 2. The Kier molecular flexibility index (Phi) is 4.71. The van der Waals surface area contributed by atoms with E-state index < -0.39 is 75.4 Å². The van der Waals surface area contributed by atoms with E-state index in [4.69, 9.17) is 0 Å². The summed E-state index contributed by atoms with van der Waals surface area (Å²) in [6.07, 6.45) is -1.49. The normalized spacial score (nSPS) is 29.5. The monoisotopic (exact) mass is 494 g/mol. The number of carbonyl (C=O) groups excluding carboxylic acids is 2. The average molecular weight is 494 g/mol. The number of carbonyl (C=O) groups is 3. The summed E-state index contributed by atoms with van der Waals surface area (Å²) in [5.41, 5.74) is -7.73. The molecular formula is C26H22O10. The van der Waals surface area contributed by atoms with Gasteiger partial charge in [0.15, 0.2) is 17.1 Å². The van der Waals surface area contributed by atoms with Crippen molar-refractivity contribution >= 4 is 23.3 Å². The van der Waals surface area contributed by atoms with Crippen LogP contribution in [-0.4, -0.2) is 64.5 Å². The van der Waals surface area contributed by atoms with Crippen LogP contribution in [0.25, 0.3) is 16.9 Å². The molecule has 0 amide bonds. The number of carboxylic acids is 1. The summed E-state index contributed by atoms with van der Waals surface area (Å²) in [5.74, 6) is -6.90. The summed E-state index contributed by atoms with van der Waals surface area (Å²) in [6, 6.07) is 8.91. The highest BCUT2D eigenvalue weighted by Crippen LogP contribution is 2.59. The van der Waals surface area contributed by atoms with Crippen LogP contribution in [0.1, 0.15) is 30.9 Å². The van der Waals surface area contributed by atoms with Gasteiger partial charge < -0.3 is 35.7 Å². The third-order valence-electron chi connectivity index (χ3n) is 7.59. The van der Waals surface area contributed by atoms with Crippen molar-refractivity contribution in [2.75, 3.05) is 0 Å². The summed E-state index contributed by atoms with van der Waals surface area (Å²) in [5, 5.41) is 75.0. The molecular weight excluding hydrogens is 472 g/mol. The fourth-order valence-corrected chi connectivity index (χ4v) is 6.01. The number of aromatic hydroxyl groups is 2. The van der Waals surface area contributed by atoms with Crippen LogP contribution in [0, 0.1) is 5.41 Å². The van der Waals surface area contributed by atoms with Gasteiger partial charge in [-0.3, -0.25) is 9.59 Å². The summed E-state index contributed by atoms with van der Waals surface area (Å²) < 4.78 is 0. The number of phenolic OH excluding ortho intramolecular Hbond substituents is 2. The van der Waals surface area contributed by atoms with E-state index in [2.05, 4.69) is 0 Å². The first-order chi connectivity index (χ1) is 16.7. The van der Waals surface area contributed by atoms with Gasteiger partial charge in [0.25, 0.3) is 0 Å². The highest BCUT2D eigenvalue weighted by molar-refractivity contribution is 6.22. The number of benzene rings is 2. The molecule has 3 atom stereocenters. The Balaban J connectivity index is 1.79. The Morgan fingerprint density at radius 2 is 1.67 bits per heavy atom. The molecule has 186 valence electrons. The molecule has 0 spiro atoms. The van der Waals surface area contributed by atoms with Gasteiger partial charge in [0.1, 0.15) is 28.4 Å². The highest BCUT2D eigenvalue weighted by atomic mass is 16.4. The highest BCUT2D eigenvalue weighted by Gasteiger charge is 2.70. The van der Waals surface area contributed by atoms with Crippen molar-refractivity contribution in [2.45, 2.75) is 37.4 Å². The number of carboxylic acid groups (broad SMARTS) is 1. The van der Waals surface area contributed by atoms with E-state index in [0.29, 0.717) is 11.1 Å². The van der Waals surface area contributed by atoms with E-state index in [0.717, 1.165) is 0 Å². The summed E-state index contributed by atoms with van der Waals surface area (Å²) in [6.45, 7) is 1.28. The van der Waals surface area contributed by atoms with Crippen LogP contribution in [0.4, 0.5) is 0 Å². The molecule has 0 radical (unpaired) electrons. The SMILES string of the molecule is C[C@@]12CC(=O)C(C(=O)O)=C(O)[C@]1(O)C(=O)C1=C(O)c3c(O)ccc(-c4cccc(O)c4)c3C[C@]1(O)C2. The van der Waals surface area contributed by atoms with Gasteiger partial charge in [-0.2, -0.15) is 0 Å². The molecule has 36 heavy (non-hydrogen) atoms. The first kappa shape index (κ1) is 23.6. The molecule has 2 aromatic rings. The summed E-state index contributed by atoms with van der Waals surface area (Å²) in [4.78, 5) is 37.9. The van der Waals surface area contributed by atoms with E-state index in [9.17, 15) is 50.1 Å². The number of hydrogen-bond acceptors (Lipinski definition) is 9. The molecule has 0 aliphatic heterocycles. The molecule has 0 saturated heterocycles. The first-order valence-corrected chi connectivity index (χ1v) is 11.0. The van der Waals surface area contributed by atoms with Crippen molar-refractivity contribution in [1.29, 1.82) is 0 Å². The van der Waals surface area contributed by atoms with Crippen LogP contribution >= 0.6 is 0 Å². The zero-order chi connectivity index (χ0) is 26.4. The molecule has 1 fully saturated rings. The molecule has 3 aliphatic rings. The van der Waals surface area contributed by atoms with Crippen molar-refractivity contribution < 1.29 is 50.1 Å². The zero-order valence-electron chi connectivity index (χ0n) is 18.9. The Labute approximate surface area is 203 Å². The Morgan fingerprint density at radius 3 is 2.31 bits per heavy atom. The molecule has 5 rings (SSSR count). The van der Waals surface area contributed by atoms with E-state index >= 15 is 0 Å². The Bertz CT molecular complexity index is 1470. The average Bonchev–Trinajstić information content (AvgIpc) is 2.76. The molecule has 10 nitrogen and oxygen atoms in total. The fourth-order valence-electron chi connectivity index (χ4n) is 6.01. The lowest BCUT2D eigenvalue weighted by molar-refractivity contribution is -0.172. The number of fused-ring (bicyclic) bond motifs is 3. The Morgan fingerprint density at radius 1 is 0.972 bits per heavy atom. The van der Waals surface area contributed by atoms with Crippen molar-refractivity contribution in [3.05, 3.63) is 64.4 Å². The van der Waals surface area contributed by atoms with Crippen molar-refractivity contribution in [3.8, 4) is 22.6 Å². The molecule has 0 aromatic heterocycles. The lowest BCUT2D eigenvalue weighted by Gasteiger charge is -2.55. The Hall–Kier alpha value is -4.15. The van der Waals surface area contributed by atoms with Crippen LogP contribution in [0.3, 0.4) is 0 Å². The smallest absolute Gasteiger partial charge is 0.342 e. The van der Waals surface area contributed by atoms with Crippen molar-refractivity contribution in [1.82, 2.24) is 0 Å². The van der Waals surface area contributed by atoms with Gasteiger partial charge in [0.2, 0.25) is 5.78 Å². The van der Waals surface area contributed by atoms with Crippen LogP contribution in [0.2, 0.25) is 0 Å². The van der Waals surface area contributed by atoms with Crippen LogP contribution < -0.4 is 0 Å². The van der Waals surface area contributed by atoms with Gasteiger partial charge >= 0.3 is 5.97 Å². The predicted molar refractivity (Wildman–Crippen MR) is 123 cm³/mol. The van der Waals surface area contributed by atoms with Gasteiger partial charge in [-0.25, -0.2) is 4.79 Å². The lowest BCUT2D eigenvalue weighted by Crippen LogP contribution is -2.67. The summed E-state index contributed by atoms with van der Waals surface area (Å²) in [7, 11) is 0. The van der Waals surface area contributed by atoms with Crippen molar-refractivity contribution in [3.63, 3.8) is 0 Å². The minimum absolute atomic E-state index is 0.0491. The van der Waals surface area contributed by atoms with Gasteiger partial charge in [-0.05, 0) is 41.3 Å². The topological polar surface area (TPSA) is 193 Å². The third kappa shape index (κ3) is 2.82. The number of aliphatic hydroxyl groups excluding tert-OH is 2. The molecule has 2 aromatic carbocycles. The lowest BCUT2D eigenvalue weighted by atomic mass is 9.50. The third-order valence-corrected chi connectivity index (χ3v) is 7.59. The number of rotatable bonds is 2. The number of aliphatic hydroxyl groups is 4. The predicted octanol–water partition coefficient (Wildman–Crippen LogP) is 1.90. The van der Waals surface area contributed by atoms with Crippen LogP contribution in [-0.2, 0) is 20.8 Å². The molecule has 1 saturated carbocycles. The molecule has 10 heteroatoms. The van der Waals surface area contributed by atoms with Crippen LogP contribution in [0.5, 0.6) is 11.5 Å². The van der Waals surface area contributed by atoms with Gasteiger partial charge in [-0.1, -0.05) is 25.1 Å². The fraction of sp³-hybridized carbons (Fsp3) is 0.269. The minimum Gasteiger partial charge on any atom is -0.508 e. The van der Waals surface area contributed by atoms with Gasteiger partial charge in [-0.15, -0.1) is 0 Å². The summed E-state index contributed by atoms with van der Waals surface area (Å²) >= 11 is 0. The zero-order valence-corrected chi connectivity index (χ0v) is 18.9. The largest absolute Gasteiger partial charge is 0.508 e. The van der Waals surface area contributed by atoms with E-state index in [1.165, 1.54) is 31.2 Å². The number of Topliss-reactive ketones (excluding diaryl/α,β-unsaturated/α-hetero) is 2.